The molecule has 3 rings (SSSR count). The van der Waals surface area contributed by atoms with Crippen molar-refractivity contribution in [2.24, 2.45) is 0 Å². The average molecular weight is 417 g/mol. The summed E-state index contributed by atoms with van der Waals surface area (Å²) in [4.78, 5) is 27.2. The molecular formula is C21H27N3O6. The number of nitrogens with zero attached hydrogens (tertiary/aromatic N) is 3. The second-order valence-corrected chi connectivity index (χ2v) is 6.67. The van der Waals surface area contributed by atoms with Crippen LogP contribution < -0.4 is 9.47 Å². The Morgan fingerprint density at radius 1 is 0.900 bits per heavy atom. The molecule has 0 radical (unpaired) electrons. The van der Waals surface area contributed by atoms with Crippen molar-refractivity contribution in [2.75, 3.05) is 40.4 Å². The van der Waals surface area contributed by atoms with Crippen LogP contribution in [-0.4, -0.2) is 77.3 Å². The van der Waals surface area contributed by atoms with Crippen LogP contribution in [0.3, 0.4) is 0 Å². The molecule has 9 nitrogen and oxygen atoms in total. The van der Waals surface area contributed by atoms with Gasteiger partial charge in [0.25, 0.3) is 0 Å². The van der Waals surface area contributed by atoms with Gasteiger partial charge >= 0.3 is 11.9 Å². The summed E-state index contributed by atoms with van der Waals surface area (Å²) in [6.45, 7) is 6.17. The van der Waals surface area contributed by atoms with Crippen molar-refractivity contribution in [3.63, 3.8) is 0 Å². The third-order valence-electron chi connectivity index (χ3n) is 4.68. The fraction of sp³-hybridized carbons (Fsp3) is 0.381. The lowest BCUT2D eigenvalue weighted by Gasteiger charge is -2.35. The molecule has 1 aromatic carbocycles. The normalized spacial score (nSPS) is 14.3. The first-order valence-electron chi connectivity index (χ1n) is 9.44. The van der Waals surface area contributed by atoms with E-state index in [1.807, 2.05) is 24.5 Å². The number of piperazine rings is 1. The van der Waals surface area contributed by atoms with Gasteiger partial charge in [-0.25, -0.2) is 9.59 Å². The van der Waals surface area contributed by atoms with Crippen molar-refractivity contribution in [2.45, 2.75) is 13.1 Å². The lowest BCUT2D eigenvalue weighted by Crippen LogP contribution is -2.45. The Kier molecular flexibility index (Phi) is 9.04. The number of carboxylic acids is 2. The summed E-state index contributed by atoms with van der Waals surface area (Å²) in [5, 5.41) is 14.8. The third kappa shape index (κ3) is 7.02. The molecule has 0 spiro atoms. The maximum atomic E-state index is 9.10. The monoisotopic (exact) mass is 417 g/mol. The van der Waals surface area contributed by atoms with Crippen LogP contribution in [0.15, 0.2) is 42.7 Å². The number of methoxy groups -OCH3 is 2. The second-order valence-electron chi connectivity index (χ2n) is 6.67. The van der Waals surface area contributed by atoms with Crippen LogP contribution in [0.1, 0.15) is 11.1 Å². The van der Waals surface area contributed by atoms with Crippen LogP contribution in [0.4, 0.5) is 0 Å². The van der Waals surface area contributed by atoms with Gasteiger partial charge in [0.15, 0.2) is 11.5 Å². The fourth-order valence-corrected chi connectivity index (χ4v) is 3.17. The standard InChI is InChI=1S/C19H25N3O2.C2H2O4/c1-23-18-5-3-4-17(19(18)24-2)15-22-12-10-21(11-13-22)14-16-6-8-20-9-7-16;3-1(4)2(5)6/h3-9H,10-15H2,1-2H3;(H,3,4)(H,5,6). The molecule has 0 aliphatic carbocycles. The molecule has 1 fully saturated rings. The predicted octanol–water partition coefficient (Wildman–Crippen LogP) is 1.57. The zero-order valence-electron chi connectivity index (χ0n) is 17.2. The lowest BCUT2D eigenvalue weighted by atomic mass is 10.1. The smallest absolute Gasteiger partial charge is 0.414 e. The van der Waals surface area contributed by atoms with E-state index >= 15 is 0 Å². The Morgan fingerprint density at radius 3 is 1.97 bits per heavy atom. The third-order valence-corrected chi connectivity index (χ3v) is 4.68. The van der Waals surface area contributed by atoms with Crippen molar-refractivity contribution in [1.82, 2.24) is 14.8 Å². The highest BCUT2D eigenvalue weighted by Crippen LogP contribution is 2.31. The van der Waals surface area contributed by atoms with E-state index in [9.17, 15) is 0 Å². The van der Waals surface area contributed by atoms with Gasteiger partial charge in [-0.3, -0.25) is 14.8 Å². The first-order chi connectivity index (χ1) is 14.4. The summed E-state index contributed by atoms with van der Waals surface area (Å²) in [6, 6.07) is 10.3. The maximum Gasteiger partial charge on any atom is 0.414 e. The topological polar surface area (TPSA) is 112 Å². The van der Waals surface area contributed by atoms with Crippen LogP contribution in [-0.2, 0) is 22.7 Å². The highest BCUT2D eigenvalue weighted by atomic mass is 16.5. The van der Waals surface area contributed by atoms with E-state index in [2.05, 4.69) is 33.0 Å². The molecule has 2 heterocycles. The number of aromatic nitrogens is 1. The molecular weight excluding hydrogens is 390 g/mol. The second kappa shape index (κ2) is 11.7. The van der Waals surface area contributed by atoms with Crippen molar-refractivity contribution < 1.29 is 29.3 Å². The van der Waals surface area contributed by atoms with Crippen LogP contribution in [0.2, 0.25) is 0 Å². The van der Waals surface area contributed by atoms with Gasteiger partial charge in [-0.2, -0.15) is 0 Å². The van der Waals surface area contributed by atoms with Gasteiger partial charge in [0, 0.05) is 57.2 Å². The molecule has 30 heavy (non-hydrogen) atoms. The molecule has 2 N–H and O–H groups in total. The number of ether oxygens (including phenoxy) is 2. The molecule has 1 aliphatic rings. The SMILES string of the molecule is COc1cccc(CN2CCN(Cc3ccncc3)CC2)c1OC.O=C(O)C(=O)O. The molecule has 1 saturated heterocycles. The van der Waals surface area contributed by atoms with E-state index in [0.29, 0.717) is 0 Å². The number of rotatable bonds is 6. The van der Waals surface area contributed by atoms with Gasteiger partial charge in [0.1, 0.15) is 0 Å². The summed E-state index contributed by atoms with van der Waals surface area (Å²) >= 11 is 0. The molecule has 1 aromatic heterocycles. The quantitative estimate of drug-likeness (QED) is 0.676. The highest BCUT2D eigenvalue weighted by molar-refractivity contribution is 6.27. The maximum absolute atomic E-state index is 9.10. The zero-order valence-corrected chi connectivity index (χ0v) is 17.2. The van der Waals surface area contributed by atoms with Crippen LogP contribution in [0, 0.1) is 0 Å². The first-order valence-corrected chi connectivity index (χ1v) is 9.44. The Bertz CT molecular complexity index is 811. The zero-order chi connectivity index (χ0) is 21.9. The molecule has 0 amide bonds. The van der Waals surface area contributed by atoms with E-state index in [-0.39, 0.29) is 0 Å². The van der Waals surface area contributed by atoms with Gasteiger partial charge in [-0.05, 0) is 23.8 Å². The van der Waals surface area contributed by atoms with Crippen LogP contribution >= 0.6 is 0 Å². The van der Waals surface area contributed by atoms with Gasteiger partial charge in [0.2, 0.25) is 0 Å². The Balaban J connectivity index is 0.000000469. The van der Waals surface area contributed by atoms with Gasteiger partial charge < -0.3 is 19.7 Å². The van der Waals surface area contributed by atoms with E-state index in [0.717, 1.165) is 50.8 Å². The number of carboxylic acid groups (broad SMARTS) is 2. The minimum Gasteiger partial charge on any atom is -0.493 e. The number of carbonyl (C=O) groups is 2. The molecule has 2 aromatic rings. The van der Waals surface area contributed by atoms with Gasteiger partial charge in [0.05, 0.1) is 14.2 Å². The van der Waals surface area contributed by atoms with Gasteiger partial charge in [-0.15, -0.1) is 0 Å². The Hall–Kier alpha value is -3.17. The Morgan fingerprint density at radius 2 is 1.47 bits per heavy atom. The Labute approximate surface area is 175 Å². The van der Waals surface area contributed by atoms with E-state index in [1.165, 1.54) is 11.1 Å². The molecule has 1 aliphatic heterocycles. The van der Waals surface area contributed by atoms with Gasteiger partial charge in [-0.1, -0.05) is 12.1 Å². The number of benzene rings is 1. The molecule has 0 bridgehead atoms. The minimum atomic E-state index is -1.82. The summed E-state index contributed by atoms with van der Waals surface area (Å²) in [6.07, 6.45) is 3.72. The summed E-state index contributed by atoms with van der Waals surface area (Å²) < 4.78 is 10.9. The summed E-state index contributed by atoms with van der Waals surface area (Å²) in [5.74, 6) is -2.00. The number of pyridine rings is 1. The van der Waals surface area contributed by atoms with Crippen molar-refractivity contribution in [3.05, 3.63) is 53.9 Å². The van der Waals surface area contributed by atoms with Crippen molar-refractivity contribution >= 4 is 11.9 Å². The van der Waals surface area contributed by atoms with E-state index < -0.39 is 11.9 Å². The number of aliphatic carboxylic acids is 2. The summed E-state index contributed by atoms with van der Waals surface area (Å²) in [5.41, 5.74) is 2.51. The number of hydrogen-bond donors (Lipinski definition) is 2. The lowest BCUT2D eigenvalue weighted by molar-refractivity contribution is -0.159. The van der Waals surface area contributed by atoms with Crippen molar-refractivity contribution in [3.8, 4) is 11.5 Å². The fourth-order valence-electron chi connectivity index (χ4n) is 3.17. The summed E-state index contributed by atoms with van der Waals surface area (Å²) in [7, 11) is 3.38. The van der Waals surface area contributed by atoms with Crippen molar-refractivity contribution in [1.29, 1.82) is 0 Å². The number of para-hydroxylation sites is 1. The number of hydrogen-bond acceptors (Lipinski definition) is 7. The molecule has 9 heteroatoms. The highest BCUT2D eigenvalue weighted by Gasteiger charge is 2.19. The predicted molar refractivity (Wildman–Crippen MR) is 110 cm³/mol. The van der Waals surface area contributed by atoms with Crippen LogP contribution in [0.5, 0.6) is 11.5 Å². The molecule has 0 atom stereocenters. The molecule has 0 unspecified atom stereocenters. The first kappa shape index (κ1) is 23.1. The van der Waals surface area contributed by atoms with E-state index in [1.54, 1.807) is 14.2 Å². The minimum absolute atomic E-state index is 0.798. The van der Waals surface area contributed by atoms with Crippen LogP contribution in [0.25, 0.3) is 0 Å². The largest absolute Gasteiger partial charge is 0.493 e. The molecule has 0 saturated carbocycles. The van der Waals surface area contributed by atoms with E-state index in [4.69, 9.17) is 29.3 Å². The average Bonchev–Trinajstić information content (AvgIpc) is 2.76. The molecule has 162 valence electrons.